The molecule has 1 aromatic rings. The number of carbonyl (C=O) groups is 1. The van der Waals surface area contributed by atoms with E-state index in [9.17, 15) is 4.79 Å². The first-order chi connectivity index (χ1) is 7.76. The Morgan fingerprint density at radius 2 is 2.06 bits per heavy atom. The van der Waals surface area contributed by atoms with E-state index in [-0.39, 0.29) is 6.03 Å². The summed E-state index contributed by atoms with van der Waals surface area (Å²) in [6.45, 7) is 6.48. The molecule has 0 atom stereocenters. The molecule has 16 heavy (non-hydrogen) atoms. The summed E-state index contributed by atoms with van der Waals surface area (Å²) < 4.78 is 0. The molecule has 3 heteroatoms. The second kappa shape index (κ2) is 6.67. The van der Waals surface area contributed by atoms with Gasteiger partial charge in [0, 0.05) is 12.2 Å². The highest BCUT2D eigenvalue weighted by Crippen LogP contribution is 2.09. The predicted octanol–water partition coefficient (Wildman–Crippen LogP) is 3.25. The quantitative estimate of drug-likeness (QED) is 0.732. The first-order valence-corrected chi connectivity index (χ1v) is 5.53. The van der Waals surface area contributed by atoms with Gasteiger partial charge in [0.2, 0.25) is 0 Å². The molecule has 2 amide bonds. The Balaban J connectivity index is 2.40. The molecular formula is C13H18N2O. The summed E-state index contributed by atoms with van der Waals surface area (Å²) in [4.78, 5) is 11.4. The van der Waals surface area contributed by atoms with Crippen LogP contribution in [0.15, 0.2) is 30.8 Å². The van der Waals surface area contributed by atoms with Crippen molar-refractivity contribution in [2.24, 2.45) is 0 Å². The Labute approximate surface area is 96.6 Å². The summed E-state index contributed by atoms with van der Waals surface area (Å²) in [6.07, 6.45) is 3.85. The Bertz CT molecular complexity index is 343. The zero-order valence-corrected chi connectivity index (χ0v) is 9.62. The second-order valence-electron chi connectivity index (χ2n) is 3.56. The molecule has 3 nitrogen and oxygen atoms in total. The first kappa shape index (κ1) is 12.3. The molecule has 0 radical (unpaired) electrons. The van der Waals surface area contributed by atoms with Gasteiger partial charge in [0.05, 0.1) is 0 Å². The van der Waals surface area contributed by atoms with Crippen molar-refractivity contribution < 1.29 is 4.79 Å². The molecule has 0 aliphatic heterocycles. The lowest BCUT2D eigenvalue weighted by Gasteiger charge is -2.07. The van der Waals surface area contributed by atoms with Crippen molar-refractivity contribution in [3.63, 3.8) is 0 Å². The summed E-state index contributed by atoms with van der Waals surface area (Å²) >= 11 is 0. The van der Waals surface area contributed by atoms with E-state index in [0.29, 0.717) is 6.54 Å². The SMILES string of the molecule is C=Cc1ccc(NC(=O)NCCCC)cc1. The zero-order valence-electron chi connectivity index (χ0n) is 9.62. The summed E-state index contributed by atoms with van der Waals surface area (Å²) in [6, 6.07) is 7.38. The minimum atomic E-state index is -0.153. The number of hydrogen-bond acceptors (Lipinski definition) is 1. The molecule has 0 aliphatic carbocycles. The minimum absolute atomic E-state index is 0.153. The molecule has 0 bridgehead atoms. The lowest BCUT2D eigenvalue weighted by molar-refractivity contribution is 0.252. The van der Waals surface area contributed by atoms with E-state index in [1.165, 1.54) is 0 Å². The second-order valence-corrected chi connectivity index (χ2v) is 3.56. The first-order valence-electron chi connectivity index (χ1n) is 5.53. The van der Waals surface area contributed by atoms with Gasteiger partial charge in [0.1, 0.15) is 0 Å². The van der Waals surface area contributed by atoms with Gasteiger partial charge in [-0.1, -0.05) is 38.1 Å². The molecule has 0 aromatic heterocycles. The number of unbranched alkanes of at least 4 members (excludes halogenated alkanes) is 1. The monoisotopic (exact) mass is 218 g/mol. The fraction of sp³-hybridized carbons (Fsp3) is 0.308. The third-order valence-corrected chi connectivity index (χ3v) is 2.22. The van der Waals surface area contributed by atoms with Gasteiger partial charge in [-0.3, -0.25) is 0 Å². The van der Waals surface area contributed by atoms with Crippen LogP contribution in [0.25, 0.3) is 6.08 Å². The van der Waals surface area contributed by atoms with Gasteiger partial charge >= 0.3 is 6.03 Å². The van der Waals surface area contributed by atoms with Crippen molar-refractivity contribution >= 4 is 17.8 Å². The van der Waals surface area contributed by atoms with Gasteiger partial charge in [-0.2, -0.15) is 0 Å². The van der Waals surface area contributed by atoms with E-state index in [1.807, 2.05) is 24.3 Å². The number of anilines is 1. The van der Waals surface area contributed by atoms with E-state index < -0.39 is 0 Å². The maximum absolute atomic E-state index is 11.4. The van der Waals surface area contributed by atoms with Crippen molar-refractivity contribution in [1.82, 2.24) is 5.32 Å². The topological polar surface area (TPSA) is 41.1 Å². The van der Waals surface area contributed by atoms with Gasteiger partial charge in [0.25, 0.3) is 0 Å². The van der Waals surface area contributed by atoms with Crippen molar-refractivity contribution in [1.29, 1.82) is 0 Å². The smallest absolute Gasteiger partial charge is 0.319 e. The Kier molecular flexibility index (Phi) is 5.12. The standard InChI is InChI=1S/C13H18N2O/c1-3-5-10-14-13(16)15-12-8-6-11(4-2)7-9-12/h4,6-9H,2-3,5,10H2,1H3,(H2,14,15,16). The summed E-state index contributed by atoms with van der Waals surface area (Å²) in [5.74, 6) is 0. The predicted molar refractivity (Wildman–Crippen MR) is 68.5 cm³/mol. The van der Waals surface area contributed by atoms with E-state index in [1.54, 1.807) is 6.08 Å². The summed E-state index contributed by atoms with van der Waals surface area (Å²) in [5, 5.41) is 5.56. The average molecular weight is 218 g/mol. The van der Waals surface area contributed by atoms with Crippen molar-refractivity contribution in [3.8, 4) is 0 Å². The lowest BCUT2D eigenvalue weighted by Crippen LogP contribution is -2.29. The fourth-order valence-electron chi connectivity index (χ4n) is 1.26. The number of amides is 2. The van der Waals surface area contributed by atoms with Crippen LogP contribution in [0.1, 0.15) is 25.3 Å². The van der Waals surface area contributed by atoms with Gasteiger partial charge in [-0.05, 0) is 24.1 Å². The van der Waals surface area contributed by atoms with Crippen molar-refractivity contribution in [3.05, 3.63) is 36.4 Å². The van der Waals surface area contributed by atoms with E-state index in [4.69, 9.17) is 0 Å². The molecule has 1 aromatic carbocycles. The Morgan fingerprint density at radius 1 is 1.38 bits per heavy atom. The molecule has 0 heterocycles. The average Bonchev–Trinajstić information content (AvgIpc) is 2.30. The van der Waals surface area contributed by atoms with Crippen molar-refractivity contribution in [2.75, 3.05) is 11.9 Å². The highest BCUT2D eigenvalue weighted by atomic mass is 16.2. The van der Waals surface area contributed by atoms with Crippen LogP contribution >= 0.6 is 0 Å². The van der Waals surface area contributed by atoms with Crippen LogP contribution in [0.5, 0.6) is 0 Å². The normalized spacial score (nSPS) is 9.56. The van der Waals surface area contributed by atoms with Gasteiger partial charge in [0.15, 0.2) is 0 Å². The Hall–Kier alpha value is -1.77. The lowest BCUT2D eigenvalue weighted by atomic mass is 10.2. The number of nitrogens with one attached hydrogen (secondary N) is 2. The molecule has 86 valence electrons. The molecule has 0 saturated heterocycles. The Morgan fingerprint density at radius 3 is 2.62 bits per heavy atom. The molecule has 0 unspecified atom stereocenters. The van der Waals surface area contributed by atoms with Gasteiger partial charge in [-0.15, -0.1) is 0 Å². The van der Waals surface area contributed by atoms with Crippen LogP contribution in [-0.2, 0) is 0 Å². The number of carbonyl (C=O) groups excluding carboxylic acids is 1. The molecule has 0 aliphatic rings. The number of hydrogen-bond donors (Lipinski definition) is 2. The van der Waals surface area contributed by atoms with E-state index >= 15 is 0 Å². The minimum Gasteiger partial charge on any atom is -0.338 e. The summed E-state index contributed by atoms with van der Waals surface area (Å²) in [5.41, 5.74) is 1.83. The van der Waals surface area contributed by atoms with Crippen LogP contribution in [0, 0.1) is 0 Å². The van der Waals surface area contributed by atoms with Crippen molar-refractivity contribution in [2.45, 2.75) is 19.8 Å². The van der Waals surface area contributed by atoms with Crippen LogP contribution in [-0.4, -0.2) is 12.6 Å². The van der Waals surface area contributed by atoms with E-state index in [0.717, 1.165) is 24.1 Å². The third-order valence-electron chi connectivity index (χ3n) is 2.22. The number of urea groups is 1. The summed E-state index contributed by atoms with van der Waals surface area (Å²) in [7, 11) is 0. The van der Waals surface area contributed by atoms with E-state index in [2.05, 4.69) is 24.1 Å². The van der Waals surface area contributed by atoms with Gasteiger partial charge < -0.3 is 10.6 Å². The number of benzene rings is 1. The molecule has 1 rings (SSSR count). The van der Waals surface area contributed by atoms with Crippen LogP contribution in [0.3, 0.4) is 0 Å². The van der Waals surface area contributed by atoms with Crippen LogP contribution in [0.4, 0.5) is 10.5 Å². The molecule has 0 spiro atoms. The zero-order chi connectivity index (χ0) is 11.8. The highest BCUT2D eigenvalue weighted by molar-refractivity contribution is 5.89. The highest BCUT2D eigenvalue weighted by Gasteiger charge is 1.99. The molecule has 0 saturated carbocycles. The van der Waals surface area contributed by atoms with Crippen LogP contribution < -0.4 is 10.6 Å². The maximum atomic E-state index is 11.4. The van der Waals surface area contributed by atoms with Gasteiger partial charge in [-0.25, -0.2) is 4.79 Å². The fourth-order valence-corrected chi connectivity index (χ4v) is 1.26. The molecule has 0 fully saturated rings. The third kappa shape index (κ3) is 4.17. The molecule has 2 N–H and O–H groups in total. The largest absolute Gasteiger partial charge is 0.338 e. The molecular weight excluding hydrogens is 200 g/mol. The number of rotatable bonds is 5. The van der Waals surface area contributed by atoms with Crippen LogP contribution in [0.2, 0.25) is 0 Å². The maximum Gasteiger partial charge on any atom is 0.319 e.